The number of hydrogen-bond donors (Lipinski definition) is 4. The lowest BCUT2D eigenvalue weighted by Crippen LogP contribution is -2.25. The van der Waals surface area contributed by atoms with Gasteiger partial charge in [-0.3, -0.25) is 9.89 Å². The van der Waals surface area contributed by atoms with Crippen LogP contribution in [0.2, 0.25) is 15.5 Å². The van der Waals surface area contributed by atoms with E-state index in [0.717, 1.165) is 51.6 Å². The Kier molecular flexibility index (Phi) is 12.8. The molecule has 5 N–H and O–H groups in total. The number of benzene rings is 2. The lowest BCUT2D eigenvalue weighted by atomic mass is 10.1. The van der Waals surface area contributed by atoms with E-state index in [4.69, 9.17) is 71.7 Å². The Morgan fingerprint density at radius 1 is 0.768 bits per heavy atom. The van der Waals surface area contributed by atoms with Gasteiger partial charge in [0.2, 0.25) is 0 Å². The molecule has 0 fully saturated rings. The van der Waals surface area contributed by atoms with Crippen molar-refractivity contribution in [3.05, 3.63) is 117 Å². The third-order valence-corrected chi connectivity index (χ3v) is 10.2. The number of carbonyl (C=O) groups excluding carboxylic acids is 1. The molecule has 0 saturated heterocycles. The average molecular weight is 834 g/mol. The fraction of sp³-hybridized carbons (Fsp3) is 0.179. The summed E-state index contributed by atoms with van der Waals surface area (Å²) in [6.07, 6.45) is 6.10. The second-order valence-electron chi connectivity index (χ2n) is 12.1. The number of hydrogen-bond acceptors (Lipinski definition) is 12. The molecule has 8 rings (SSSR count). The number of H-pyrrole nitrogens is 1. The molecule has 0 aliphatic heterocycles. The maximum absolute atomic E-state index is 12.7. The van der Waals surface area contributed by atoms with Crippen molar-refractivity contribution < 1.29 is 23.7 Å². The topological polar surface area (TPSA) is 171 Å². The molecule has 4 heterocycles. The standard InChI is InChI=1S/C17H15ClN4O2.C17H15ClN2O3S.C5H5ClN2/c1-23-13-7-9-6-11-15(10(9)8-14(13)24-2)21-22-17(11)20-12-4-3-5-19-16(12)18;1-22-13-7-9-6-11(15(21)10(9)8-14(13)23-2)17(24)20-12-4-3-5-19-16(12)18;6-5-4(7)2-1-3-8-5/h3-5,7-8H,6H2,1-2H3,(H2,20,21,22);3-5,7-8,11H,6H2,1-2H3,(H,20,24);1-3H,7H2. The van der Waals surface area contributed by atoms with Crippen LogP contribution in [0.25, 0.3) is 11.3 Å². The Morgan fingerprint density at radius 2 is 1.30 bits per heavy atom. The molecule has 0 spiro atoms. The molecule has 2 aliphatic rings. The van der Waals surface area contributed by atoms with Crippen LogP contribution >= 0.6 is 47.0 Å². The predicted octanol–water partition coefficient (Wildman–Crippen LogP) is 8.65. The van der Waals surface area contributed by atoms with Gasteiger partial charge in [0.25, 0.3) is 0 Å². The summed E-state index contributed by atoms with van der Waals surface area (Å²) in [5.41, 5.74) is 13.0. The van der Waals surface area contributed by atoms with E-state index in [1.54, 1.807) is 70.3 Å². The molecule has 1 unspecified atom stereocenters. The minimum Gasteiger partial charge on any atom is -0.493 e. The van der Waals surface area contributed by atoms with Crippen molar-refractivity contribution in [3.8, 4) is 34.3 Å². The van der Waals surface area contributed by atoms with Gasteiger partial charge in [0, 0.05) is 41.7 Å². The van der Waals surface area contributed by atoms with Crippen molar-refractivity contribution in [2.75, 3.05) is 44.8 Å². The van der Waals surface area contributed by atoms with Gasteiger partial charge in [-0.2, -0.15) is 5.10 Å². The van der Waals surface area contributed by atoms with Gasteiger partial charge in [0.15, 0.2) is 50.1 Å². The van der Waals surface area contributed by atoms with Gasteiger partial charge < -0.3 is 35.3 Å². The molecule has 0 saturated carbocycles. The van der Waals surface area contributed by atoms with Crippen LogP contribution in [0.4, 0.5) is 22.9 Å². The van der Waals surface area contributed by atoms with Gasteiger partial charge in [-0.1, -0.05) is 47.0 Å². The number of pyridine rings is 3. The molecular formula is C39H35Cl3N8O5S. The van der Waals surface area contributed by atoms with Crippen molar-refractivity contribution in [2.24, 2.45) is 5.92 Å². The van der Waals surface area contributed by atoms with E-state index < -0.39 is 5.92 Å². The molecule has 17 heteroatoms. The Morgan fingerprint density at radius 3 is 1.86 bits per heavy atom. The SMILES string of the molecule is COc1cc2c(cc1OC)-c1[nH]nc(Nc3cccnc3Cl)c1C2.COc1cc2c(cc1OC)C(=O)C(C(=S)Nc1cccnc1Cl)C2.Nc1cccnc1Cl. The number of Topliss-reactive ketones (excluding diaryl/α,β-unsaturated/α-hetero) is 1. The van der Waals surface area contributed by atoms with E-state index >= 15 is 0 Å². The molecule has 0 bridgehead atoms. The maximum atomic E-state index is 12.7. The fourth-order valence-corrected chi connectivity index (χ4v) is 6.84. The molecular weight excluding hydrogens is 799 g/mol. The van der Waals surface area contributed by atoms with Crippen LogP contribution in [0.1, 0.15) is 27.0 Å². The number of ether oxygens (including phenoxy) is 4. The van der Waals surface area contributed by atoms with Crippen LogP contribution < -0.4 is 35.3 Å². The first kappa shape index (κ1) is 40.0. The number of methoxy groups -OCH3 is 4. The summed E-state index contributed by atoms with van der Waals surface area (Å²) in [4.78, 5) is 24.9. The first-order valence-electron chi connectivity index (χ1n) is 16.8. The first-order chi connectivity index (χ1) is 27.1. The number of nitrogens with zero attached hydrogens (tertiary/aromatic N) is 4. The number of nitrogens with two attached hydrogens (primary N) is 1. The van der Waals surface area contributed by atoms with Crippen LogP contribution in [0.3, 0.4) is 0 Å². The molecule has 56 heavy (non-hydrogen) atoms. The highest BCUT2D eigenvalue weighted by atomic mass is 35.5. The molecule has 2 aliphatic carbocycles. The third kappa shape index (κ3) is 8.58. The molecule has 6 aromatic rings. The Hall–Kier alpha value is -5.67. The number of thiocarbonyl (C=S) groups is 1. The average Bonchev–Trinajstić information content (AvgIpc) is 3.88. The zero-order valence-corrected chi connectivity index (χ0v) is 33.5. The second kappa shape index (κ2) is 17.9. The van der Waals surface area contributed by atoms with Gasteiger partial charge >= 0.3 is 0 Å². The highest BCUT2D eigenvalue weighted by Gasteiger charge is 2.35. The summed E-state index contributed by atoms with van der Waals surface area (Å²) in [7, 11) is 6.37. The molecule has 1 atom stereocenters. The zero-order chi connectivity index (χ0) is 39.9. The van der Waals surface area contributed by atoms with Gasteiger partial charge in [-0.05, 0) is 78.2 Å². The number of ketones is 1. The third-order valence-electron chi connectivity index (χ3n) is 8.86. The largest absolute Gasteiger partial charge is 0.493 e. The summed E-state index contributed by atoms with van der Waals surface area (Å²) >= 11 is 23.0. The number of nitrogen functional groups attached to an aromatic ring is 1. The van der Waals surface area contributed by atoms with E-state index in [0.29, 0.717) is 61.1 Å². The predicted molar refractivity (Wildman–Crippen MR) is 223 cm³/mol. The van der Waals surface area contributed by atoms with Crippen LogP contribution in [0, 0.1) is 5.92 Å². The van der Waals surface area contributed by atoms with Crippen molar-refractivity contribution in [2.45, 2.75) is 12.8 Å². The van der Waals surface area contributed by atoms with Crippen molar-refractivity contribution in [3.63, 3.8) is 0 Å². The minimum absolute atomic E-state index is 0.0385. The van der Waals surface area contributed by atoms with Crippen LogP contribution in [0.15, 0.2) is 79.3 Å². The highest BCUT2D eigenvalue weighted by Crippen LogP contribution is 2.44. The van der Waals surface area contributed by atoms with Crippen LogP contribution in [-0.4, -0.2) is 64.4 Å². The first-order valence-corrected chi connectivity index (χ1v) is 18.4. The molecule has 288 valence electrons. The second-order valence-corrected chi connectivity index (χ2v) is 13.6. The number of anilines is 4. The van der Waals surface area contributed by atoms with Gasteiger partial charge in [0.1, 0.15) is 0 Å². The summed E-state index contributed by atoms with van der Waals surface area (Å²) in [5, 5.41) is 14.8. The minimum atomic E-state index is -0.442. The molecule has 4 aromatic heterocycles. The summed E-state index contributed by atoms with van der Waals surface area (Å²) in [5.74, 6) is 2.81. The lowest BCUT2D eigenvalue weighted by Gasteiger charge is -2.13. The van der Waals surface area contributed by atoms with Gasteiger partial charge in [-0.15, -0.1) is 0 Å². The molecule has 13 nitrogen and oxygen atoms in total. The van der Waals surface area contributed by atoms with Crippen molar-refractivity contribution in [1.82, 2.24) is 25.1 Å². The quantitative estimate of drug-likeness (QED) is 0.0848. The highest BCUT2D eigenvalue weighted by molar-refractivity contribution is 7.80. The van der Waals surface area contributed by atoms with E-state index in [1.807, 2.05) is 30.3 Å². The number of fused-ring (bicyclic) bond motifs is 4. The Labute approximate surface area is 342 Å². The molecule has 0 radical (unpaired) electrons. The number of halogens is 3. The van der Waals surface area contributed by atoms with E-state index in [9.17, 15) is 4.79 Å². The number of carbonyl (C=O) groups is 1. The van der Waals surface area contributed by atoms with Crippen LogP contribution in [-0.2, 0) is 12.8 Å². The van der Waals surface area contributed by atoms with E-state index in [1.165, 1.54) is 7.11 Å². The number of nitrogens with one attached hydrogen (secondary N) is 3. The summed E-state index contributed by atoms with van der Waals surface area (Å²) in [6, 6.07) is 18.1. The maximum Gasteiger partial charge on any atom is 0.173 e. The fourth-order valence-electron chi connectivity index (χ4n) is 6.09. The zero-order valence-electron chi connectivity index (χ0n) is 30.4. The van der Waals surface area contributed by atoms with E-state index in [-0.39, 0.29) is 5.78 Å². The summed E-state index contributed by atoms with van der Waals surface area (Å²) < 4.78 is 21.3. The number of rotatable bonds is 8. The molecule has 2 aromatic carbocycles. The monoisotopic (exact) mass is 832 g/mol. The van der Waals surface area contributed by atoms with Crippen molar-refractivity contribution >= 4 is 80.7 Å². The number of aromatic amines is 1. The molecule has 0 amide bonds. The van der Waals surface area contributed by atoms with E-state index in [2.05, 4.69) is 35.8 Å². The normalized spacial score (nSPS) is 13.1. The lowest BCUT2D eigenvalue weighted by molar-refractivity contribution is 0.0969. The van der Waals surface area contributed by atoms with Gasteiger partial charge in [-0.25, -0.2) is 15.0 Å². The summed E-state index contributed by atoms with van der Waals surface area (Å²) in [6.45, 7) is 0. The smallest absolute Gasteiger partial charge is 0.173 e. The van der Waals surface area contributed by atoms with Crippen LogP contribution in [0.5, 0.6) is 23.0 Å². The van der Waals surface area contributed by atoms with Crippen molar-refractivity contribution in [1.29, 1.82) is 0 Å². The van der Waals surface area contributed by atoms with Gasteiger partial charge in [0.05, 0.1) is 62.1 Å². The Bertz CT molecular complexity index is 2390. The Balaban J connectivity index is 0.000000159. The number of aromatic nitrogens is 5.